The molecule has 1 aliphatic rings. The fourth-order valence-corrected chi connectivity index (χ4v) is 1.80. The maximum absolute atomic E-state index is 11.0. The first kappa shape index (κ1) is 9.24. The molecule has 2 rings (SSSR count). The van der Waals surface area contributed by atoms with Crippen LogP contribution in [0.15, 0.2) is 6.20 Å². The first-order valence-electron chi connectivity index (χ1n) is 4.76. The summed E-state index contributed by atoms with van der Waals surface area (Å²) in [5, 5.41) is 13.2. The molecule has 0 saturated heterocycles. The van der Waals surface area contributed by atoms with Gasteiger partial charge in [-0.3, -0.25) is 9.48 Å². The second-order valence-electron chi connectivity index (χ2n) is 4.18. The second kappa shape index (κ2) is 2.83. The molecule has 1 aliphatic carbocycles. The molecule has 0 radical (unpaired) electrons. The SMILES string of the molecule is Cc1nn(C)cc1CC1(C(=O)O)CC1. The molecule has 4 heteroatoms. The quantitative estimate of drug-likeness (QED) is 0.784. The Hall–Kier alpha value is -1.32. The summed E-state index contributed by atoms with van der Waals surface area (Å²) in [6.07, 6.45) is 4.15. The van der Waals surface area contributed by atoms with Gasteiger partial charge in [0.25, 0.3) is 0 Å². The van der Waals surface area contributed by atoms with E-state index in [1.54, 1.807) is 4.68 Å². The zero-order valence-corrected chi connectivity index (χ0v) is 8.45. The number of aryl methyl sites for hydroxylation is 2. The van der Waals surface area contributed by atoms with Crippen LogP contribution in [0.2, 0.25) is 0 Å². The Morgan fingerprint density at radius 2 is 2.36 bits per heavy atom. The molecule has 0 amide bonds. The molecule has 14 heavy (non-hydrogen) atoms. The molecule has 1 N–H and O–H groups in total. The third-order valence-electron chi connectivity index (χ3n) is 2.95. The summed E-state index contributed by atoms with van der Waals surface area (Å²) in [6, 6.07) is 0. The normalized spacial score (nSPS) is 18.1. The molecular formula is C10H14N2O2. The monoisotopic (exact) mass is 194 g/mol. The Bertz CT molecular complexity index is 377. The lowest BCUT2D eigenvalue weighted by atomic mass is 9.97. The zero-order chi connectivity index (χ0) is 10.3. The van der Waals surface area contributed by atoms with E-state index in [-0.39, 0.29) is 0 Å². The van der Waals surface area contributed by atoms with Crippen LogP contribution < -0.4 is 0 Å². The van der Waals surface area contributed by atoms with Crippen LogP contribution in [0.5, 0.6) is 0 Å². The fraction of sp³-hybridized carbons (Fsp3) is 0.600. The van der Waals surface area contributed by atoms with Crippen molar-refractivity contribution in [2.45, 2.75) is 26.2 Å². The van der Waals surface area contributed by atoms with Gasteiger partial charge in [-0.1, -0.05) is 0 Å². The molecule has 0 atom stereocenters. The van der Waals surface area contributed by atoms with Gasteiger partial charge in [0.05, 0.1) is 11.1 Å². The molecule has 0 unspecified atom stereocenters. The maximum atomic E-state index is 11.0. The maximum Gasteiger partial charge on any atom is 0.309 e. The van der Waals surface area contributed by atoms with E-state index in [0.717, 1.165) is 24.1 Å². The molecule has 1 aromatic heterocycles. The van der Waals surface area contributed by atoms with E-state index >= 15 is 0 Å². The number of nitrogens with zero attached hydrogens (tertiary/aromatic N) is 2. The van der Waals surface area contributed by atoms with Gasteiger partial charge in [0.1, 0.15) is 0 Å². The van der Waals surface area contributed by atoms with Crippen LogP contribution in [-0.2, 0) is 18.3 Å². The van der Waals surface area contributed by atoms with Crippen molar-refractivity contribution in [3.63, 3.8) is 0 Å². The molecule has 1 heterocycles. The van der Waals surface area contributed by atoms with Crippen molar-refractivity contribution in [1.29, 1.82) is 0 Å². The third kappa shape index (κ3) is 1.41. The molecule has 0 bridgehead atoms. The van der Waals surface area contributed by atoms with E-state index in [0.29, 0.717) is 6.42 Å². The second-order valence-corrected chi connectivity index (χ2v) is 4.18. The van der Waals surface area contributed by atoms with Gasteiger partial charge in [-0.15, -0.1) is 0 Å². The number of carboxylic acids is 1. The van der Waals surface area contributed by atoms with Gasteiger partial charge >= 0.3 is 5.97 Å². The average Bonchev–Trinajstić information content (AvgIpc) is 2.77. The number of hydrogen-bond donors (Lipinski definition) is 1. The minimum Gasteiger partial charge on any atom is -0.481 e. The van der Waals surface area contributed by atoms with E-state index in [9.17, 15) is 4.79 Å². The summed E-state index contributed by atoms with van der Waals surface area (Å²) in [7, 11) is 1.86. The molecule has 4 nitrogen and oxygen atoms in total. The first-order chi connectivity index (χ1) is 6.53. The summed E-state index contributed by atoms with van der Waals surface area (Å²) in [5.74, 6) is -0.666. The lowest BCUT2D eigenvalue weighted by molar-refractivity contribution is -0.143. The van der Waals surface area contributed by atoms with Gasteiger partial charge in [-0.2, -0.15) is 5.10 Å². The Kier molecular flexibility index (Phi) is 1.87. The summed E-state index contributed by atoms with van der Waals surface area (Å²) in [6.45, 7) is 1.92. The van der Waals surface area contributed by atoms with Crippen molar-refractivity contribution in [2.75, 3.05) is 0 Å². The van der Waals surface area contributed by atoms with Crippen molar-refractivity contribution in [1.82, 2.24) is 9.78 Å². The van der Waals surface area contributed by atoms with Gasteiger partial charge in [0.15, 0.2) is 0 Å². The van der Waals surface area contributed by atoms with Crippen molar-refractivity contribution < 1.29 is 9.90 Å². The summed E-state index contributed by atoms with van der Waals surface area (Å²) in [4.78, 5) is 11.0. The van der Waals surface area contributed by atoms with Crippen molar-refractivity contribution in [3.05, 3.63) is 17.5 Å². The van der Waals surface area contributed by atoms with E-state index in [2.05, 4.69) is 5.10 Å². The number of aliphatic carboxylic acids is 1. The van der Waals surface area contributed by atoms with Crippen LogP contribution >= 0.6 is 0 Å². The highest BCUT2D eigenvalue weighted by atomic mass is 16.4. The van der Waals surface area contributed by atoms with Crippen LogP contribution in [0.1, 0.15) is 24.1 Å². The molecular weight excluding hydrogens is 180 g/mol. The van der Waals surface area contributed by atoms with Gasteiger partial charge in [0.2, 0.25) is 0 Å². The molecule has 0 aromatic carbocycles. The van der Waals surface area contributed by atoms with E-state index in [4.69, 9.17) is 5.11 Å². The smallest absolute Gasteiger partial charge is 0.309 e. The van der Waals surface area contributed by atoms with Gasteiger partial charge < -0.3 is 5.11 Å². The van der Waals surface area contributed by atoms with E-state index in [1.165, 1.54) is 0 Å². The topological polar surface area (TPSA) is 55.1 Å². The molecule has 0 aliphatic heterocycles. The van der Waals surface area contributed by atoms with E-state index in [1.807, 2.05) is 20.2 Å². The van der Waals surface area contributed by atoms with Crippen molar-refractivity contribution in [2.24, 2.45) is 12.5 Å². The largest absolute Gasteiger partial charge is 0.481 e. The lowest BCUT2D eigenvalue weighted by Gasteiger charge is -2.07. The van der Waals surface area contributed by atoms with Crippen LogP contribution in [0.25, 0.3) is 0 Å². The third-order valence-corrected chi connectivity index (χ3v) is 2.95. The van der Waals surface area contributed by atoms with Crippen LogP contribution in [0.3, 0.4) is 0 Å². The van der Waals surface area contributed by atoms with Crippen molar-refractivity contribution in [3.8, 4) is 0 Å². The summed E-state index contributed by atoms with van der Waals surface area (Å²) in [5.41, 5.74) is 1.53. The number of hydrogen-bond acceptors (Lipinski definition) is 2. The Balaban J connectivity index is 2.19. The number of carboxylic acid groups (broad SMARTS) is 1. The highest BCUT2D eigenvalue weighted by Gasteiger charge is 2.50. The average molecular weight is 194 g/mol. The predicted octanol–water partition coefficient (Wildman–Crippen LogP) is 1.14. The highest BCUT2D eigenvalue weighted by Crippen LogP contribution is 2.48. The van der Waals surface area contributed by atoms with Gasteiger partial charge in [-0.05, 0) is 31.7 Å². The minimum absolute atomic E-state index is 0.478. The molecule has 0 spiro atoms. The molecule has 1 aromatic rings. The standard InChI is InChI=1S/C10H14N2O2/c1-7-8(6-12(2)11-7)5-10(3-4-10)9(13)14/h6H,3-5H2,1-2H3,(H,13,14). The van der Waals surface area contributed by atoms with Gasteiger partial charge in [-0.25, -0.2) is 0 Å². The highest BCUT2D eigenvalue weighted by molar-refractivity contribution is 5.78. The lowest BCUT2D eigenvalue weighted by Crippen LogP contribution is -2.17. The summed E-state index contributed by atoms with van der Waals surface area (Å²) >= 11 is 0. The Labute approximate surface area is 82.5 Å². The number of aromatic nitrogens is 2. The van der Waals surface area contributed by atoms with Crippen LogP contribution in [-0.4, -0.2) is 20.9 Å². The molecule has 1 saturated carbocycles. The van der Waals surface area contributed by atoms with Crippen LogP contribution in [0.4, 0.5) is 0 Å². The van der Waals surface area contributed by atoms with Crippen LogP contribution in [0, 0.1) is 12.3 Å². The fourth-order valence-electron chi connectivity index (χ4n) is 1.80. The predicted molar refractivity (Wildman–Crippen MR) is 51.0 cm³/mol. The Morgan fingerprint density at radius 1 is 1.71 bits per heavy atom. The number of carbonyl (C=O) groups is 1. The zero-order valence-electron chi connectivity index (χ0n) is 8.45. The minimum atomic E-state index is -0.666. The van der Waals surface area contributed by atoms with E-state index < -0.39 is 11.4 Å². The first-order valence-corrected chi connectivity index (χ1v) is 4.76. The molecule has 1 fully saturated rings. The molecule has 76 valence electrons. The Morgan fingerprint density at radius 3 is 2.71 bits per heavy atom. The van der Waals surface area contributed by atoms with Gasteiger partial charge in [0, 0.05) is 13.2 Å². The number of rotatable bonds is 3. The van der Waals surface area contributed by atoms with Crippen molar-refractivity contribution >= 4 is 5.97 Å². The summed E-state index contributed by atoms with van der Waals surface area (Å²) < 4.78 is 1.74.